The quantitative estimate of drug-likeness (QED) is 0.804. The number of amides is 1. The second-order valence-corrected chi connectivity index (χ2v) is 6.16. The zero-order valence-electron chi connectivity index (χ0n) is 10.0. The molecule has 0 atom stereocenters. The number of nitrogens with two attached hydrogens (primary N) is 2. The average molecular weight is 316 g/mol. The summed E-state index contributed by atoms with van der Waals surface area (Å²) in [6.45, 7) is -0.352. The van der Waals surface area contributed by atoms with Crippen molar-refractivity contribution >= 4 is 33.2 Å². The lowest BCUT2D eigenvalue weighted by atomic mass is 10.4. The summed E-state index contributed by atoms with van der Waals surface area (Å²) in [6.07, 6.45) is 0. The van der Waals surface area contributed by atoms with Crippen molar-refractivity contribution in [2.75, 3.05) is 5.73 Å². The smallest absolute Gasteiger partial charge is 0.239 e. The first-order valence-corrected chi connectivity index (χ1v) is 7.16. The molecule has 0 aliphatic heterocycles. The highest BCUT2D eigenvalue weighted by Crippen LogP contribution is 2.24. The van der Waals surface area contributed by atoms with Gasteiger partial charge in [-0.2, -0.15) is 0 Å². The monoisotopic (exact) mass is 315 g/mol. The maximum absolute atomic E-state index is 12.3. The molecular formula is C10H10ClN5O3S. The van der Waals surface area contributed by atoms with Crippen molar-refractivity contribution in [1.29, 1.82) is 0 Å². The normalized spacial score (nSPS) is 11.4. The maximum Gasteiger partial charge on any atom is 0.239 e. The molecule has 0 aliphatic rings. The van der Waals surface area contributed by atoms with Crippen LogP contribution in [0.4, 0.5) is 5.82 Å². The molecular weight excluding hydrogens is 306 g/mol. The number of hydrogen-bond donors (Lipinski definition) is 2. The number of rotatable bonds is 4. The number of sulfone groups is 1. The number of benzene rings is 1. The molecule has 8 nitrogen and oxygen atoms in total. The highest BCUT2D eigenvalue weighted by Gasteiger charge is 2.26. The Morgan fingerprint density at radius 2 is 1.90 bits per heavy atom. The van der Waals surface area contributed by atoms with Gasteiger partial charge in [-0.1, -0.05) is 16.8 Å². The zero-order chi connectivity index (χ0) is 14.9. The lowest BCUT2D eigenvalue weighted by Crippen LogP contribution is -2.21. The Morgan fingerprint density at radius 3 is 2.45 bits per heavy atom. The van der Waals surface area contributed by atoms with E-state index in [0.29, 0.717) is 5.02 Å². The van der Waals surface area contributed by atoms with Crippen LogP contribution in [0, 0.1) is 0 Å². The lowest BCUT2D eigenvalue weighted by molar-refractivity contribution is -0.118. The summed E-state index contributed by atoms with van der Waals surface area (Å²) in [6, 6.07) is 5.51. The van der Waals surface area contributed by atoms with Gasteiger partial charge in [-0.05, 0) is 24.3 Å². The van der Waals surface area contributed by atoms with Crippen LogP contribution >= 0.6 is 11.6 Å². The number of anilines is 1. The number of carbonyl (C=O) groups is 1. The van der Waals surface area contributed by atoms with Crippen LogP contribution in [-0.2, 0) is 21.2 Å². The summed E-state index contributed by atoms with van der Waals surface area (Å²) in [4.78, 5) is 10.8. The van der Waals surface area contributed by atoms with Gasteiger partial charge in [-0.3, -0.25) is 4.79 Å². The fraction of sp³-hybridized carbons (Fsp3) is 0.100. The van der Waals surface area contributed by atoms with Gasteiger partial charge in [-0.15, -0.1) is 5.10 Å². The van der Waals surface area contributed by atoms with Gasteiger partial charge in [0.1, 0.15) is 6.54 Å². The Balaban J connectivity index is 2.47. The molecule has 2 rings (SSSR count). The Labute approximate surface area is 119 Å². The van der Waals surface area contributed by atoms with E-state index in [4.69, 9.17) is 23.1 Å². The summed E-state index contributed by atoms with van der Waals surface area (Å²) >= 11 is 5.70. The minimum Gasteiger partial charge on any atom is -0.381 e. The summed E-state index contributed by atoms with van der Waals surface area (Å²) in [5.74, 6) is -0.962. The first-order chi connectivity index (χ1) is 9.32. The summed E-state index contributed by atoms with van der Waals surface area (Å²) in [5.41, 5.74) is 10.6. The zero-order valence-corrected chi connectivity index (χ0v) is 11.6. The molecule has 0 aliphatic carbocycles. The average Bonchev–Trinajstić information content (AvgIpc) is 2.71. The third-order valence-electron chi connectivity index (χ3n) is 2.42. The van der Waals surface area contributed by atoms with Crippen LogP contribution in [0.2, 0.25) is 5.02 Å². The molecule has 2 aromatic rings. The molecule has 0 spiro atoms. The van der Waals surface area contributed by atoms with Crippen molar-refractivity contribution in [3.05, 3.63) is 29.3 Å². The largest absolute Gasteiger partial charge is 0.381 e. The number of nitrogen functional groups attached to an aromatic ring is 1. The summed E-state index contributed by atoms with van der Waals surface area (Å²) in [5, 5.41) is 6.97. The molecule has 0 saturated carbocycles. The van der Waals surface area contributed by atoms with Crippen molar-refractivity contribution in [2.24, 2.45) is 5.73 Å². The first-order valence-electron chi connectivity index (χ1n) is 5.30. The highest BCUT2D eigenvalue weighted by atomic mass is 35.5. The van der Waals surface area contributed by atoms with Gasteiger partial charge in [0.15, 0.2) is 5.82 Å². The number of halogens is 1. The summed E-state index contributed by atoms with van der Waals surface area (Å²) in [7, 11) is -3.93. The number of nitrogens with zero attached hydrogens (tertiary/aromatic N) is 3. The molecule has 10 heteroatoms. The van der Waals surface area contributed by atoms with Crippen LogP contribution < -0.4 is 11.5 Å². The Hall–Kier alpha value is -2.13. The van der Waals surface area contributed by atoms with Crippen molar-refractivity contribution in [3.63, 3.8) is 0 Å². The van der Waals surface area contributed by atoms with Gasteiger partial charge in [0, 0.05) is 5.02 Å². The molecule has 1 heterocycles. The molecule has 1 amide bonds. The van der Waals surface area contributed by atoms with Crippen molar-refractivity contribution in [2.45, 2.75) is 16.5 Å². The predicted molar refractivity (Wildman–Crippen MR) is 70.5 cm³/mol. The third kappa shape index (κ3) is 2.58. The van der Waals surface area contributed by atoms with Gasteiger partial charge in [0.05, 0.1) is 4.90 Å². The molecule has 4 N–H and O–H groups in total. The van der Waals surface area contributed by atoms with Gasteiger partial charge >= 0.3 is 0 Å². The number of primary amides is 1. The molecule has 106 valence electrons. The molecule has 0 radical (unpaired) electrons. The van der Waals surface area contributed by atoms with Gasteiger partial charge in [0.2, 0.25) is 20.8 Å². The minimum absolute atomic E-state index is 0.0280. The van der Waals surface area contributed by atoms with Crippen LogP contribution in [0.1, 0.15) is 0 Å². The van der Waals surface area contributed by atoms with Gasteiger partial charge in [0.25, 0.3) is 0 Å². The van der Waals surface area contributed by atoms with Crippen molar-refractivity contribution in [3.8, 4) is 0 Å². The minimum atomic E-state index is -3.93. The van der Waals surface area contributed by atoms with Gasteiger partial charge < -0.3 is 11.5 Å². The molecule has 1 aromatic heterocycles. The van der Waals surface area contributed by atoms with E-state index in [9.17, 15) is 13.2 Å². The second kappa shape index (κ2) is 5.10. The molecule has 0 fully saturated rings. The molecule has 1 aromatic carbocycles. The second-order valence-electron chi connectivity index (χ2n) is 3.86. The number of aromatic nitrogens is 3. The molecule has 20 heavy (non-hydrogen) atoms. The number of carbonyl (C=O) groups excluding carboxylic acids is 1. The highest BCUT2D eigenvalue weighted by molar-refractivity contribution is 7.91. The van der Waals surface area contributed by atoms with Crippen LogP contribution in [0.3, 0.4) is 0 Å². The topological polar surface area (TPSA) is 134 Å². The first kappa shape index (κ1) is 14.3. The standard InChI is InChI=1S/C10H10ClN5O3S/c11-6-1-3-7(4-2-6)20(18,19)10-9(13)16(15-14-10)5-8(12)17/h1-4H,5,13H2,(H2,12,17). The lowest BCUT2D eigenvalue weighted by Gasteiger charge is -2.03. The van der Waals surface area contributed by atoms with Gasteiger partial charge in [-0.25, -0.2) is 13.1 Å². The maximum atomic E-state index is 12.3. The van der Waals surface area contributed by atoms with E-state index in [1.165, 1.54) is 24.3 Å². The van der Waals surface area contributed by atoms with E-state index in [1.807, 2.05) is 0 Å². The van der Waals surface area contributed by atoms with Crippen molar-refractivity contribution in [1.82, 2.24) is 15.0 Å². The van der Waals surface area contributed by atoms with Crippen LogP contribution in [0.15, 0.2) is 34.2 Å². The van der Waals surface area contributed by atoms with E-state index in [0.717, 1.165) is 4.68 Å². The Bertz CT molecular complexity index is 754. The van der Waals surface area contributed by atoms with Crippen LogP contribution in [-0.4, -0.2) is 29.3 Å². The van der Waals surface area contributed by atoms with E-state index in [-0.39, 0.29) is 17.3 Å². The Morgan fingerprint density at radius 1 is 1.30 bits per heavy atom. The van der Waals surface area contributed by atoms with Crippen LogP contribution in [0.25, 0.3) is 0 Å². The molecule has 0 unspecified atom stereocenters. The predicted octanol–water partition coefficient (Wildman–Crippen LogP) is -0.168. The summed E-state index contributed by atoms with van der Waals surface area (Å²) < 4.78 is 25.5. The fourth-order valence-corrected chi connectivity index (χ4v) is 2.85. The van der Waals surface area contributed by atoms with Crippen LogP contribution in [0.5, 0.6) is 0 Å². The van der Waals surface area contributed by atoms with E-state index in [1.54, 1.807) is 0 Å². The van der Waals surface area contributed by atoms with Crippen molar-refractivity contribution < 1.29 is 13.2 Å². The van der Waals surface area contributed by atoms with E-state index in [2.05, 4.69) is 10.3 Å². The molecule has 0 saturated heterocycles. The number of hydrogen-bond acceptors (Lipinski definition) is 6. The fourth-order valence-electron chi connectivity index (χ4n) is 1.49. The third-order valence-corrected chi connectivity index (χ3v) is 4.37. The van der Waals surface area contributed by atoms with E-state index < -0.39 is 20.8 Å². The van der Waals surface area contributed by atoms with E-state index >= 15 is 0 Å². The Kier molecular flexibility index (Phi) is 3.64. The SMILES string of the molecule is NC(=O)Cn1nnc(S(=O)(=O)c2ccc(Cl)cc2)c1N. The molecule has 0 bridgehead atoms.